The van der Waals surface area contributed by atoms with E-state index in [1.165, 1.54) is 32.4 Å². The van der Waals surface area contributed by atoms with Crippen molar-refractivity contribution in [3.05, 3.63) is 11.6 Å². The molecule has 1 aliphatic rings. The second kappa shape index (κ2) is 5.47. The third-order valence-corrected chi connectivity index (χ3v) is 3.83. The fourth-order valence-corrected chi connectivity index (χ4v) is 2.60. The summed E-state index contributed by atoms with van der Waals surface area (Å²) in [5.74, 6) is 0.911. The van der Waals surface area contributed by atoms with Crippen LogP contribution in [0.25, 0.3) is 0 Å². The first-order valence-corrected chi connectivity index (χ1v) is 6.54. The lowest BCUT2D eigenvalue weighted by atomic mass is 9.94. The Morgan fingerprint density at radius 3 is 3.00 bits per heavy atom. The summed E-state index contributed by atoms with van der Waals surface area (Å²) in [5.41, 5.74) is 0. The zero-order valence-electron chi connectivity index (χ0n) is 9.28. The Morgan fingerprint density at radius 1 is 1.53 bits per heavy atom. The van der Waals surface area contributed by atoms with Gasteiger partial charge in [0.25, 0.3) is 0 Å². The maximum Gasteiger partial charge on any atom is 0.182 e. The first-order valence-electron chi connectivity index (χ1n) is 5.66. The molecule has 1 aromatic heterocycles. The highest BCUT2D eigenvalue weighted by Gasteiger charge is 2.15. The van der Waals surface area contributed by atoms with Crippen LogP contribution < -0.4 is 5.32 Å². The normalized spacial score (nSPS) is 19.3. The average Bonchev–Trinajstić information content (AvgIpc) is 2.74. The van der Waals surface area contributed by atoms with Crippen LogP contribution in [0.5, 0.6) is 0 Å². The minimum Gasteiger partial charge on any atom is -0.362 e. The maximum absolute atomic E-state index is 4.21. The molecule has 0 radical (unpaired) electrons. The van der Waals surface area contributed by atoms with Gasteiger partial charge in [-0.3, -0.25) is 0 Å². The summed E-state index contributed by atoms with van der Waals surface area (Å²) in [6.45, 7) is 3.60. The van der Waals surface area contributed by atoms with Crippen LogP contribution in [0.4, 0.5) is 5.13 Å². The Kier molecular flexibility index (Phi) is 3.97. The Hall–Kier alpha value is -0.610. The molecular weight excluding hydrogens is 206 g/mol. The molecule has 2 rings (SSSR count). The molecular formula is C11H19N3S. The van der Waals surface area contributed by atoms with Crippen LogP contribution in [0.15, 0.2) is 11.6 Å². The molecule has 1 aromatic rings. The van der Waals surface area contributed by atoms with Crippen molar-refractivity contribution in [3.8, 4) is 0 Å². The molecule has 1 N–H and O–H groups in total. The number of likely N-dealkylation sites (tertiary alicyclic amines) is 1. The zero-order chi connectivity index (χ0) is 10.5. The monoisotopic (exact) mass is 225 g/mol. The van der Waals surface area contributed by atoms with Crippen molar-refractivity contribution in [1.29, 1.82) is 0 Å². The number of nitrogens with zero attached hydrogens (tertiary/aromatic N) is 2. The third-order valence-electron chi connectivity index (χ3n) is 3.10. The van der Waals surface area contributed by atoms with Gasteiger partial charge < -0.3 is 10.2 Å². The molecule has 0 spiro atoms. The first-order chi connectivity index (χ1) is 7.34. The van der Waals surface area contributed by atoms with Crippen LogP contribution in [0.2, 0.25) is 0 Å². The van der Waals surface area contributed by atoms with Crippen LogP contribution in [0.3, 0.4) is 0 Å². The summed E-state index contributed by atoms with van der Waals surface area (Å²) < 4.78 is 0. The summed E-state index contributed by atoms with van der Waals surface area (Å²) in [6.07, 6.45) is 5.85. The molecule has 84 valence electrons. The molecule has 0 saturated carbocycles. The van der Waals surface area contributed by atoms with Crippen LogP contribution in [-0.2, 0) is 0 Å². The molecule has 15 heavy (non-hydrogen) atoms. The van der Waals surface area contributed by atoms with E-state index in [0.29, 0.717) is 0 Å². The molecule has 3 nitrogen and oxygen atoms in total. The Balaban J connectivity index is 1.62. The van der Waals surface area contributed by atoms with E-state index in [9.17, 15) is 0 Å². The molecule has 0 aromatic carbocycles. The minimum atomic E-state index is 0.911. The second-order valence-corrected chi connectivity index (χ2v) is 5.19. The van der Waals surface area contributed by atoms with Gasteiger partial charge in [-0.1, -0.05) is 0 Å². The quantitative estimate of drug-likeness (QED) is 0.852. The summed E-state index contributed by atoms with van der Waals surface area (Å²) >= 11 is 1.68. The minimum absolute atomic E-state index is 0.911. The summed E-state index contributed by atoms with van der Waals surface area (Å²) in [6, 6.07) is 0. The third kappa shape index (κ3) is 3.47. The summed E-state index contributed by atoms with van der Waals surface area (Å²) in [5, 5.41) is 6.45. The molecule has 1 fully saturated rings. The van der Waals surface area contributed by atoms with Crippen LogP contribution in [0.1, 0.15) is 19.3 Å². The van der Waals surface area contributed by atoms with E-state index < -0.39 is 0 Å². The fourth-order valence-electron chi connectivity index (χ4n) is 2.04. The van der Waals surface area contributed by atoms with E-state index in [1.807, 2.05) is 11.6 Å². The van der Waals surface area contributed by atoms with Crippen molar-refractivity contribution < 1.29 is 0 Å². The van der Waals surface area contributed by atoms with Gasteiger partial charge in [0, 0.05) is 18.1 Å². The van der Waals surface area contributed by atoms with E-state index in [1.54, 1.807) is 11.3 Å². The van der Waals surface area contributed by atoms with E-state index in [4.69, 9.17) is 0 Å². The van der Waals surface area contributed by atoms with Gasteiger partial charge in [0.1, 0.15) is 0 Å². The molecule has 0 bridgehead atoms. The van der Waals surface area contributed by atoms with Gasteiger partial charge in [-0.25, -0.2) is 4.98 Å². The van der Waals surface area contributed by atoms with Crippen molar-refractivity contribution in [2.45, 2.75) is 19.3 Å². The maximum atomic E-state index is 4.21. The van der Waals surface area contributed by atoms with Crippen LogP contribution in [0, 0.1) is 5.92 Å². The number of thiazole rings is 1. The van der Waals surface area contributed by atoms with Crippen LogP contribution in [-0.4, -0.2) is 36.6 Å². The van der Waals surface area contributed by atoms with Gasteiger partial charge in [-0.2, -0.15) is 0 Å². The summed E-state index contributed by atoms with van der Waals surface area (Å²) in [4.78, 5) is 6.63. The molecule has 0 unspecified atom stereocenters. The lowest BCUT2D eigenvalue weighted by molar-refractivity contribution is 0.215. The van der Waals surface area contributed by atoms with Crippen molar-refractivity contribution in [2.24, 2.45) is 5.92 Å². The van der Waals surface area contributed by atoms with E-state index in [0.717, 1.165) is 17.6 Å². The van der Waals surface area contributed by atoms with Gasteiger partial charge in [-0.05, 0) is 45.3 Å². The lowest BCUT2D eigenvalue weighted by Gasteiger charge is -2.28. The van der Waals surface area contributed by atoms with E-state index in [-0.39, 0.29) is 0 Å². The van der Waals surface area contributed by atoms with Gasteiger partial charge >= 0.3 is 0 Å². The lowest BCUT2D eigenvalue weighted by Crippen LogP contribution is -2.30. The fraction of sp³-hybridized carbons (Fsp3) is 0.727. The number of rotatable bonds is 4. The van der Waals surface area contributed by atoms with Gasteiger partial charge in [0.05, 0.1) is 0 Å². The largest absolute Gasteiger partial charge is 0.362 e. The number of anilines is 1. The van der Waals surface area contributed by atoms with E-state index in [2.05, 4.69) is 22.2 Å². The summed E-state index contributed by atoms with van der Waals surface area (Å²) in [7, 11) is 2.21. The van der Waals surface area contributed by atoms with Gasteiger partial charge in [0.15, 0.2) is 5.13 Å². The highest BCUT2D eigenvalue weighted by Crippen LogP contribution is 2.19. The SMILES string of the molecule is CN1CCC(CCNc2nccs2)CC1. The van der Waals surface area contributed by atoms with Crippen molar-refractivity contribution >= 4 is 16.5 Å². The second-order valence-electron chi connectivity index (χ2n) is 4.30. The van der Waals surface area contributed by atoms with Crippen molar-refractivity contribution in [3.63, 3.8) is 0 Å². The topological polar surface area (TPSA) is 28.2 Å². The Morgan fingerprint density at radius 2 is 2.33 bits per heavy atom. The molecule has 4 heteroatoms. The first kappa shape index (κ1) is 10.9. The highest BCUT2D eigenvalue weighted by atomic mass is 32.1. The van der Waals surface area contributed by atoms with Gasteiger partial charge in [0.2, 0.25) is 0 Å². The predicted molar refractivity (Wildman–Crippen MR) is 65.4 cm³/mol. The Labute approximate surface area is 95.5 Å². The number of aromatic nitrogens is 1. The number of hydrogen-bond acceptors (Lipinski definition) is 4. The van der Waals surface area contributed by atoms with E-state index >= 15 is 0 Å². The molecule has 0 amide bonds. The smallest absolute Gasteiger partial charge is 0.182 e. The van der Waals surface area contributed by atoms with Crippen LogP contribution >= 0.6 is 11.3 Å². The molecule has 1 saturated heterocycles. The molecule has 2 heterocycles. The van der Waals surface area contributed by atoms with Crippen molar-refractivity contribution in [1.82, 2.24) is 9.88 Å². The molecule has 1 aliphatic heterocycles. The standard InChI is InChI=1S/C11H19N3S/c1-14-7-3-10(4-8-14)2-5-12-11-13-6-9-15-11/h6,9-10H,2-5,7-8H2,1H3,(H,12,13). The number of hydrogen-bond donors (Lipinski definition) is 1. The average molecular weight is 225 g/mol. The Bertz CT molecular complexity index is 265. The zero-order valence-corrected chi connectivity index (χ0v) is 10.1. The number of piperidine rings is 1. The highest BCUT2D eigenvalue weighted by molar-refractivity contribution is 7.13. The van der Waals surface area contributed by atoms with Gasteiger partial charge in [-0.15, -0.1) is 11.3 Å². The number of nitrogens with one attached hydrogen (secondary N) is 1. The molecule has 0 atom stereocenters. The van der Waals surface area contributed by atoms with Crippen molar-refractivity contribution in [2.75, 3.05) is 32.0 Å². The predicted octanol–water partition coefficient (Wildman–Crippen LogP) is 2.29. The molecule has 0 aliphatic carbocycles.